The highest BCUT2D eigenvalue weighted by Crippen LogP contribution is 2.37. The Morgan fingerprint density at radius 2 is 2.04 bits per heavy atom. The maximum Gasteiger partial charge on any atom is 0.252 e. The molecule has 1 unspecified atom stereocenters. The molecule has 2 aromatic carbocycles. The summed E-state index contributed by atoms with van der Waals surface area (Å²) in [6.45, 7) is 0.116. The maximum atomic E-state index is 13.9. The molecule has 1 aliphatic rings. The van der Waals surface area contributed by atoms with Gasteiger partial charge in [0.2, 0.25) is 5.91 Å². The Kier molecular flexibility index (Phi) is 6.49. The van der Waals surface area contributed by atoms with E-state index < -0.39 is 11.7 Å². The number of hydrogen-bond acceptors (Lipinski definition) is 3. The first-order chi connectivity index (χ1) is 13.0. The fourth-order valence-corrected chi connectivity index (χ4v) is 4.43. The quantitative estimate of drug-likeness (QED) is 0.711. The van der Waals surface area contributed by atoms with E-state index in [0.29, 0.717) is 9.37 Å². The van der Waals surface area contributed by atoms with Crippen molar-refractivity contribution < 1.29 is 18.4 Å². The van der Waals surface area contributed by atoms with Gasteiger partial charge in [-0.2, -0.15) is 0 Å². The van der Waals surface area contributed by atoms with E-state index in [2.05, 4.69) is 26.6 Å². The summed E-state index contributed by atoms with van der Waals surface area (Å²) in [5, 5.41) is 5.50. The highest BCUT2D eigenvalue weighted by Gasteiger charge is 2.24. The first-order valence-corrected chi connectivity index (χ1v) is 10.2. The zero-order valence-corrected chi connectivity index (χ0v) is 16.6. The average molecular weight is 455 g/mol. The lowest BCUT2D eigenvalue weighted by molar-refractivity contribution is -0.121. The minimum atomic E-state index is -0.512. The number of thioether (sulfide) groups is 1. The predicted octanol–water partition coefficient (Wildman–Crippen LogP) is 4.20. The summed E-state index contributed by atoms with van der Waals surface area (Å²) >= 11 is 4.65. The highest BCUT2D eigenvalue weighted by molar-refractivity contribution is 9.10. The van der Waals surface area contributed by atoms with Crippen LogP contribution in [0, 0.1) is 11.6 Å². The first kappa shape index (κ1) is 19.8. The Balaban J connectivity index is 1.53. The third-order valence-corrected chi connectivity index (χ3v) is 6.02. The van der Waals surface area contributed by atoms with E-state index >= 15 is 0 Å². The van der Waals surface area contributed by atoms with Gasteiger partial charge in [-0.15, -0.1) is 11.8 Å². The number of benzene rings is 2. The molecule has 0 spiro atoms. The number of halogens is 3. The second-order valence-electron chi connectivity index (χ2n) is 6.05. The molecular formula is C19H17BrF2N2O2S. The number of carbonyl (C=O) groups excluding carboxylic acids is 2. The van der Waals surface area contributed by atoms with Crippen LogP contribution in [0.3, 0.4) is 0 Å². The zero-order valence-electron chi connectivity index (χ0n) is 14.2. The Morgan fingerprint density at radius 3 is 2.85 bits per heavy atom. The standard InChI is InChI=1S/C19H17BrF2N2O2S/c20-14-5-4-11(21)10-13(14)19(26)23-8-6-17(25)24-16-7-9-27-18-12(16)2-1-3-15(18)22/h1-5,10,16H,6-9H2,(H,23,26)(H,24,25). The molecule has 1 atom stereocenters. The van der Waals surface area contributed by atoms with E-state index in [4.69, 9.17) is 0 Å². The molecule has 0 aliphatic carbocycles. The third-order valence-electron chi connectivity index (χ3n) is 4.17. The van der Waals surface area contributed by atoms with Gasteiger partial charge in [0.25, 0.3) is 5.91 Å². The normalized spacial score (nSPS) is 15.7. The summed E-state index contributed by atoms with van der Waals surface area (Å²) in [4.78, 5) is 24.9. The maximum absolute atomic E-state index is 13.9. The summed E-state index contributed by atoms with van der Waals surface area (Å²) < 4.78 is 27.6. The van der Waals surface area contributed by atoms with Crippen LogP contribution < -0.4 is 10.6 Å². The number of nitrogens with one attached hydrogen (secondary N) is 2. The van der Waals surface area contributed by atoms with Crippen LogP contribution in [0.1, 0.15) is 34.8 Å². The van der Waals surface area contributed by atoms with E-state index in [1.165, 1.54) is 30.0 Å². The van der Waals surface area contributed by atoms with Crippen molar-refractivity contribution in [3.8, 4) is 0 Å². The van der Waals surface area contributed by atoms with E-state index in [1.54, 1.807) is 6.07 Å². The van der Waals surface area contributed by atoms with Crippen LogP contribution in [0.5, 0.6) is 0 Å². The van der Waals surface area contributed by atoms with Crippen molar-refractivity contribution in [2.45, 2.75) is 23.8 Å². The van der Waals surface area contributed by atoms with Gasteiger partial charge in [-0.1, -0.05) is 12.1 Å². The fraction of sp³-hybridized carbons (Fsp3) is 0.263. The number of fused-ring (bicyclic) bond motifs is 1. The molecule has 142 valence electrons. The Labute approximate surface area is 168 Å². The SMILES string of the molecule is O=C(CCNC(=O)c1cc(F)ccc1Br)NC1CCSc2c(F)cccc21. The summed E-state index contributed by atoms with van der Waals surface area (Å²) in [7, 11) is 0. The van der Waals surface area contributed by atoms with Crippen LogP contribution in [0.15, 0.2) is 45.8 Å². The van der Waals surface area contributed by atoms with Crippen molar-refractivity contribution in [1.82, 2.24) is 10.6 Å². The fourth-order valence-electron chi connectivity index (χ4n) is 2.86. The third kappa shape index (κ3) is 4.87. The molecule has 0 aromatic heterocycles. The van der Waals surface area contributed by atoms with E-state index in [0.717, 1.165) is 23.8 Å². The van der Waals surface area contributed by atoms with E-state index in [-0.39, 0.29) is 36.3 Å². The monoisotopic (exact) mass is 454 g/mol. The molecule has 3 rings (SSSR count). The molecule has 1 aliphatic heterocycles. The minimum absolute atomic E-state index is 0.0764. The molecule has 0 fully saturated rings. The van der Waals surface area contributed by atoms with Crippen molar-refractivity contribution >= 4 is 39.5 Å². The highest BCUT2D eigenvalue weighted by atomic mass is 79.9. The largest absolute Gasteiger partial charge is 0.351 e. The molecule has 2 N–H and O–H groups in total. The van der Waals surface area contributed by atoms with Crippen molar-refractivity contribution in [2.75, 3.05) is 12.3 Å². The van der Waals surface area contributed by atoms with Gasteiger partial charge < -0.3 is 10.6 Å². The lowest BCUT2D eigenvalue weighted by atomic mass is 10.0. The molecule has 0 saturated carbocycles. The predicted molar refractivity (Wildman–Crippen MR) is 104 cm³/mol. The smallest absolute Gasteiger partial charge is 0.252 e. The first-order valence-electron chi connectivity index (χ1n) is 8.39. The van der Waals surface area contributed by atoms with Gasteiger partial charge in [0.1, 0.15) is 11.6 Å². The van der Waals surface area contributed by atoms with Crippen LogP contribution >= 0.6 is 27.7 Å². The van der Waals surface area contributed by atoms with E-state index in [9.17, 15) is 18.4 Å². The van der Waals surface area contributed by atoms with Gasteiger partial charge in [-0.3, -0.25) is 9.59 Å². The number of carbonyl (C=O) groups is 2. The lowest BCUT2D eigenvalue weighted by Crippen LogP contribution is -2.34. The molecule has 0 saturated heterocycles. The summed E-state index contributed by atoms with van der Waals surface area (Å²) in [5.41, 5.74) is 0.955. The summed E-state index contributed by atoms with van der Waals surface area (Å²) in [6.07, 6.45) is 0.794. The number of rotatable bonds is 5. The van der Waals surface area contributed by atoms with Gasteiger partial charge >= 0.3 is 0 Å². The molecule has 1 heterocycles. The van der Waals surface area contributed by atoms with Gasteiger partial charge in [-0.05, 0) is 52.2 Å². The molecule has 2 amide bonds. The number of amides is 2. The lowest BCUT2D eigenvalue weighted by Gasteiger charge is -2.26. The molecule has 4 nitrogen and oxygen atoms in total. The van der Waals surface area contributed by atoms with Crippen LogP contribution in [0.2, 0.25) is 0 Å². The minimum Gasteiger partial charge on any atom is -0.351 e. The number of hydrogen-bond donors (Lipinski definition) is 2. The molecule has 2 aromatic rings. The van der Waals surface area contributed by atoms with Crippen molar-refractivity contribution in [3.05, 3.63) is 63.6 Å². The van der Waals surface area contributed by atoms with Gasteiger partial charge in [0.15, 0.2) is 0 Å². The van der Waals surface area contributed by atoms with Gasteiger partial charge in [0, 0.05) is 28.1 Å². The summed E-state index contributed by atoms with van der Waals surface area (Å²) in [6, 6.07) is 8.46. The Hall–Kier alpha value is -1.93. The average Bonchev–Trinajstić information content (AvgIpc) is 2.64. The Morgan fingerprint density at radius 1 is 1.22 bits per heavy atom. The van der Waals surface area contributed by atoms with Crippen LogP contribution in [0.4, 0.5) is 8.78 Å². The Bertz CT molecular complexity index is 879. The van der Waals surface area contributed by atoms with Crippen molar-refractivity contribution in [2.24, 2.45) is 0 Å². The molecule has 0 radical (unpaired) electrons. The van der Waals surface area contributed by atoms with Crippen LogP contribution in [-0.4, -0.2) is 24.1 Å². The van der Waals surface area contributed by atoms with Gasteiger partial charge in [0.05, 0.1) is 11.6 Å². The van der Waals surface area contributed by atoms with Crippen molar-refractivity contribution in [3.63, 3.8) is 0 Å². The molecular weight excluding hydrogens is 438 g/mol. The van der Waals surface area contributed by atoms with Crippen molar-refractivity contribution in [1.29, 1.82) is 0 Å². The van der Waals surface area contributed by atoms with Crippen LogP contribution in [0.25, 0.3) is 0 Å². The van der Waals surface area contributed by atoms with Gasteiger partial charge in [-0.25, -0.2) is 8.78 Å². The molecule has 0 bridgehead atoms. The summed E-state index contributed by atoms with van der Waals surface area (Å²) in [5.74, 6) is -0.758. The van der Waals surface area contributed by atoms with E-state index in [1.807, 2.05) is 6.07 Å². The second-order valence-corrected chi connectivity index (χ2v) is 8.01. The molecule has 8 heteroatoms. The van der Waals surface area contributed by atoms with Crippen LogP contribution in [-0.2, 0) is 4.79 Å². The topological polar surface area (TPSA) is 58.2 Å². The zero-order chi connectivity index (χ0) is 19.4. The second kappa shape index (κ2) is 8.84. The molecule has 27 heavy (non-hydrogen) atoms.